The topological polar surface area (TPSA) is 108 Å². The standard InChI is InChI=1S/C18H18ClFN6O3/c1-11(8-25-12(2)7-16(22-25)26(28)29)18(27)21-17-15(19)10-24(23-17)9-13-3-5-14(20)6-4-13/h3-7,10-11H,8-9H2,1-2H3,(H,21,23,27). The minimum Gasteiger partial charge on any atom is -0.358 e. The van der Waals surface area contributed by atoms with Crippen LogP contribution in [0.4, 0.5) is 16.0 Å². The zero-order valence-corrected chi connectivity index (χ0v) is 16.4. The van der Waals surface area contributed by atoms with Crippen molar-refractivity contribution in [3.63, 3.8) is 0 Å². The molecule has 1 unspecified atom stereocenters. The maximum atomic E-state index is 13.0. The highest BCUT2D eigenvalue weighted by Gasteiger charge is 2.22. The summed E-state index contributed by atoms with van der Waals surface area (Å²) in [5.41, 5.74) is 1.41. The molecule has 152 valence electrons. The smallest absolute Gasteiger partial charge is 0.358 e. The summed E-state index contributed by atoms with van der Waals surface area (Å²) >= 11 is 6.16. The third-order valence-electron chi connectivity index (χ3n) is 4.27. The number of aromatic nitrogens is 4. The first-order valence-electron chi connectivity index (χ1n) is 8.70. The van der Waals surface area contributed by atoms with Gasteiger partial charge in [-0.25, -0.2) is 4.39 Å². The minimum atomic E-state index is -0.582. The maximum absolute atomic E-state index is 13.0. The predicted molar refractivity (Wildman–Crippen MR) is 104 cm³/mol. The van der Waals surface area contributed by atoms with Gasteiger partial charge in [-0.2, -0.15) is 9.78 Å². The molecule has 3 aromatic rings. The molecule has 1 N–H and O–H groups in total. The van der Waals surface area contributed by atoms with Crippen LogP contribution in [0.15, 0.2) is 36.5 Å². The number of hydrogen-bond donors (Lipinski definition) is 1. The molecule has 0 fully saturated rings. The number of rotatable bonds is 7. The van der Waals surface area contributed by atoms with Crippen molar-refractivity contribution in [2.75, 3.05) is 5.32 Å². The van der Waals surface area contributed by atoms with Crippen LogP contribution in [0.1, 0.15) is 18.2 Å². The first-order chi connectivity index (χ1) is 13.7. The van der Waals surface area contributed by atoms with Gasteiger partial charge in [0.15, 0.2) is 5.82 Å². The number of nitrogens with one attached hydrogen (secondary N) is 1. The van der Waals surface area contributed by atoms with E-state index in [2.05, 4.69) is 15.5 Å². The van der Waals surface area contributed by atoms with E-state index in [1.807, 2.05) is 0 Å². The number of benzene rings is 1. The molecule has 0 saturated carbocycles. The molecule has 1 aromatic carbocycles. The van der Waals surface area contributed by atoms with Crippen LogP contribution >= 0.6 is 11.6 Å². The fourth-order valence-electron chi connectivity index (χ4n) is 2.69. The summed E-state index contributed by atoms with van der Waals surface area (Å²) in [6.07, 6.45) is 1.56. The third-order valence-corrected chi connectivity index (χ3v) is 4.54. The van der Waals surface area contributed by atoms with Crippen LogP contribution in [0.3, 0.4) is 0 Å². The van der Waals surface area contributed by atoms with Crippen molar-refractivity contribution in [3.05, 3.63) is 68.7 Å². The fraction of sp³-hybridized carbons (Fsp3) is 0.278. The lowest BCUT2D eigenvalue weighted by Gasteiger charge is -2.10. The van der Waals surface area contributed by atoms with E-state index in [1.54, 1.807) is 32.2 Å². The Bertz CT molecular complexity index is 1050. The predicted octanol–water partition coefficient (Wildman–Crippen LogP) is 3.41. The second kappa shape index (κ2) is 8.39. The van der Waals surface area contributed by atoms with Crippen LogP contribution in [0.5, 0.6) is 0 Å². The van der Waals surface area contributed by atoms with Gasteiger partial charge in [0.25, 0.3) is 0 Å². The van der Waals surface area contributed by atoms with Crippen molar-refractivity contribution < 1.29 is 14.1 Å². The van der Waals surface area contributed by atoms with E-state index in [0.29, 0.717) is 12.2 Å². The van der Waals surface area contributed by atoms with E-state index in [0.717, 1.165) is 5.56 Å². The highest BCUT2D eigenvalue weighted by atomic mass is 35.5. The van der Waals surface area contributed by atoms with Gasteiger partial charge < -0.3 is 15.4 Å². The zero-order chi connectivity index (χ0) is 21.1. The molecule has 2 aromatic heterocycles. The average molecular weight is 421 g/mol. The molecule has 0 radical (unpaired) electrons. The average Bonchev–Trinajstić information content (AvgIpc) is 3.19. The van der Waals surface area contributed by atoms with Crippen LogP contribution in [-0.4, -0.2) is 30.4 Å². The normalized spacial score (nSPS) is 12.0. The largest absolute Gasteiger partial charge is 0.390 e. The van der Waals surface area contributed by atoms with Crippen molar-refractivity contribution >= 4 is 29.1 Å². The molecule has 0 aliphatic carbocycles. The Hall–Kier alpha value is -3.27. The Labute approximate surface area is 170 Å². The number of aryl methyl sites for hydroxylation is 1. The summed E-state index contributed by atoms with van der Waals surface area (Å²) < 4.78 is 16.0. The van der Waals surface area contributed by atoms with Crippen molar-refractivity contribution in [1.29, 1.82) is 0 Å². The lowest BCUT2D eigenvalue weighted by Crippen LogP contribution is -2.25. The number of nitro groups is 1. The number of amides is 1. The summed E-state index contributed by atoms with van der Waals surface area (Å²) in [6, 6.07) is 7.32. The van der Waals surface area contributed by atoms with E-state index in [-0.39, 0.29) is 34.9 Å². The van der Waals surface area contributed by atoms with Gasteiger partial charge in [0, 0.05) is 6.20 Å². The minimum absolute atomic E-state index is 0.166. The number of hydrogen-bond acceptors (Lipinski definition) is 5. The first-order valence-corrected chi connectivity index (χ1v) is 9.08. The molecule has 9 nitrogen and oxygen atoms in total. The summed E-state index contributed by atoms with van der Waals surface area (Å²) in [6.45, 7) is 3.88. The summed E-state index contributed by atoms with van der Waals surface area (Å²) in [5, 5.41) is 21.9. The van der Waals surface area contributed by atoms with Gasteiger partial charge in [-0.1, -0.05) is 30.7 Å². The number of nitrogens with zero attached hydrogens (tertiary/aromatic N) is 5. The summed E-state index contributed by atoms with van der Waals surface area (Å²) in [4.78, 5) is 22.7. The van der Waals surface area contributed by atoms with Gasteiger partial charge in [-0.3, -0.25) is 9.48 Å². The molecule has 3 rings (SSSR count). The number of carbonyl (C=O) groups is 1. The van der Waals surface area contributed by atoms with Gasteiger partial charge in [0.1, 0.15) is 10.8 Å². The van der Waals surface area contributed by atoms with Gasteiger partial charge in [0.2, 0.25) is 5.91 Å². The summed E-state index contributed by atoms with van der Waals surface area (Å²) in [5.74, 6) is -1.28. The second-order valence-electron chi connectivity index (χ2n) is 6.62. The molecular formula is C18H18ClFN6O3. The van der Waals surface area contributed by atoms with Crippen LogP contribution < -0.4 is 5.32 Å². The van der Waals surface area contributed by atoms with Gasteiger partial charge in [0.05, 0.1) is 35.9 Å². The van der Waals surface area contributed by atoms with E-state index in [1.165, 1.54) is 27.6 Å². The third kappa shape index (κ3) is 4.96. The monoisotopic (exact) mass is 420 g/mol. The van der Waals surface area contributed by atoms with Crippen molar-refractivity contribution in [1.82, 2.24) is 19.6 Å². The lowest BCUT2D eigenvalue weighted by atomic mass is 10.1. The Kier molecular flexibility index (Phi) is 5.92. The molecular weight excluding hydrogens is 403 g/mol. The molecule has 0 aliphatic heterocycles. The Morgan fingerprint density at radius 2 is 2.03 bits per heavy atom. The number of carbonyl (C=O) groups excluding carboxylic acids is 1. The quantitative estimate of drug-likeness (QED) is 0.465. The molecule has 0 spiro atoms. The first kappa shape index (κ1) is 20.5. The second-order valence-corrected chi connectivity index (χ2v) is 7.03. The molecule has 2 heterocycles. The molecule has 0 bridgehead atoms. The van der Waals surface area contributed by atoms with Crippen LogP contribution in [-0.2, 0) is 17.9 Å². The highest BCUT2D eigenvalue weighted by molar-refractivity contribution is 6.33. The van der Waals surface area contributed by atoms with Crippen molar-refractivity contribution in [2.24, 2.45) is 5.92 Å². The lowest BCUT2D eigenvalue weighted by molar-refractivity contribution is -0.389. The van der Waals surface area contributed by atoms with E-state index in [4.69, 9.17) is 11.6 Å². The molecule has 0 saturated heterocycles. The van der Waals surface area contributed by atoms with Crippen molar-refractivity contribution in [3.8, 4) is 0 Å². The van der Waals surface area contributed by atoms with Gasteiger partial charge >= 0.3 is 5.82 Å². The van der Waals surface area contributed by atoms with Gasteiger partial charge in [-0.05, 0) is 29.5 Å². The highest BCUT2D eigenvalue weighted by Crippen LogP contribution is 2.21. The van der Waals surface area contributed by atoms with E-state index < -0.39 is 10.8 Å². The number of anilines is 1. The maximum Gasteiger partial charge on any atom is 0.390 e. The van der Waals surface area contributed by atoms with Crippen LogP contribution in [0.25, 0.3) is 0 Å². The van der Waals surface area contributed by atoms with Crippen LogP contribution in [0.2, 0.25) is 5.02 Å². The molecule has 1 amide bonds. The van der Waals surface area contributed by atoms with Gasteiger partial charge in [-0.15, -0.1) is 0 Å². The molecule has 29 heavy (non-hydrogen) atoms. The Morgan fingerprint density at radius 3 is 2.66 bits per heavy atom. The SMILES string of the molecule is Cc1cc([N+](=O)[O-])nn1CC(C)C(=O)Nc1nn(Cc2ccc(F)cc2)cc1Cl. The van der Waals surface area contributed by atoms with Crippen LogP contribution in [0, 0.1) is 28.8 Å². The van der Waals surface area contributed by atoms with E-state index >= 15 is 0 Å². The number of halogens is 2. The van der Waals surface area contributed by atoms with Crippen molar-refractivity contribution in [2.45, 2.75) is 26.9 Å². The Balaban J connectivity index is 1.64. The molecule has 0 aliphatic rings. The molecule has 11 heteroatoms. The molecule has 1 atom stereocenters. The Morgan fingerprint density at radius 1 is 1.34 bits per heavy atom. The summed E-state index contributed by atoms with van der Waals surface area (Å²) in [7, 11) is 0. The fourth-order valence-corrected chi connectivity index (χ4v) is 2.89. The zero-order valence-electron chi connectivity index (χ0n) is 15.7. The van der Waals surface area contributed by atoms with E-state index in [9.17, 15) is 19.3 Å².